The summed E-state index contributed by atoms with van der Waals surface area (Å²) in [4.78, 5) is 48.4. The molecule has 31 heavy (non-hydrogen) atoms. The Morgan fingerprint density at radius 3 is 2.19 bits per heavy atom. The molecule has 0 radical (unpaired) electrons. The van der Waals surface area contributed by atoms with E-state index >= 15 is 0 Å². The van der Waals surface area contributed by atoms with Crippen molar-refractivity contribution >= 4 is 23.4 Å². The quantitative estimate of drug-likeness (QED) is 0.379. The third kappa shape index (κ3) is 4.10. The van der Waals surface area contributed by atoms with Crippen LogP contribution in [0.2, 0.25) is 0 Å². The first kappa shape index (κ1) is 21.6. The highest BCUT2D eigenvalue weighted by Crippen LogP contribution is 2.34. The number of ether oxygens (including phenoxy) is 3. The molecule has 11 heteroatoms. The van der Waals surface area contributed by atoms with Crippen LogP contribution < -0.4 is 19.5 Å². The van der Waals surface area contributed by atoms with Crippen molar-refractivity contribution in [2.24, 2.45) is 0 Å². The van der Waals surface area contributed by atoms with Gasteiger partial charge in [-0.05, 0) is 12.1 Å². The van der Waals surface area contributed by atoms with Crippen LogP contribution in [0.3, 0.4) is 0 Å². The molecule has 0 fully saturated rings. The SMILES string of the molecule is COc1cc(OC)c(OC)cc1CNC(=O)CN1C(=O)c2ccc([N+](=O)[O-])cc2C1=O. The highest BCUT2D eigenvalue weighted by atomic mass is 16.6. The Morgan fingerprint density at radius 1 is 0.968 bits per heavy atom. The van der Waals surface area contributed by atoms with Crippen LogP contribution in [0.1, 0.15) is 26.3 Å². The van der Waals surface area contributed by atoms with E-state index in [-0.39, 0.29) is 23.4 Å². The molecule has 0 saturated heterocycles. The van der Waals surface area contributed by atoms with Crippen molar-refractivity contribution in [1.29, 1.82) is 0 Å². The fourth-order valence-corrected chi connectivity index (χ4v) is 3.16. The summed E-state index contributed by atoms with van der Waals surface area (Å²) in [7, 11) is 4.42. The second kappa shape index (κ2) is 8.69. The fourth-order valence-electron chi connectivity index (χ4n) is 3.16. The summed E-state index contributed by atoms with van der Waals surface area (Å²) in [5.74, 6) is -0.702. The number of rotatable bonds is 8. The van der Waals surface area contributed by atoms with Crippen LogP contribution in [0.4, 0.5) is 5.69 Å². The minimum Gasteiger partial charge on any atom is -0.496 e. The number of amides is 3. The van der Waals surface area contributed by atoms with Crippen molar-refractivity contribution in [3.05, 3.63) is 57.1 Å². The van der Waals surface area contributed by atoms with Crippen molar-refractivity contribution in [2.75, 3.05) is 27.9 Å². The first-order chi connectivity index (χ1) is 14.8. The van der Waals surface area contributed by atoms with Gasteiger partial charge in [0.25, 0.3) is 17.5 Å². The summed E-state index contributed by atoms with van der Waals surface area (Å²) >= 11 is 0. The third-order valence-electron chi connectivity index (χ3n) is 4.73. The number of carbonyl (C=O) groups is 3. The van der Waals surface area contributed by atoms with E-state index in [0.29, 0.717) is 22.8 Å². The van der Waals surface area contributed by atoms with E-state index in [1.54, 1.807) is 12.1 Å². The first-order valence-corrected chi connectivity index (χ1v) is 9.01. The van der Waals surface area contributed by atoms with Crippen molar-refractivity contribution in [2.45, 2.75) is 6.54 Å². The van der Waals surface area contributed by atoms with Gasteiger partial charge in [-0.25, -0.2) is 0 Å². The Balaban J connectivity index is 1.71. The molecule has 0 spiro atoms. The maximum atomic E-state index is 12.5. The molecule has 0 saturated carbocycles. The maximum absolute atomic E-state index is 12.5. The summed E-state index contributed by atoms with van der Waals surface area (Å²) in [6.45, 7) is -0.493. The number of nitrogens with one attached hydrogen (secondary N) is 1. The number of hydrogen-bond donors (Lipinski definition) is 1. The number of nitro groups is 1. The number of nitrogens with zero attached hydrogens (tertiary/aromatic N) is 2. The van der Waals surface area contributed by atoms with Crippen LogP contribution in [0.5, 0.6) is 17.2 Å². The molecular formula is C20H19N3O8. The average molecular weight is 429 g/mol. The predicted octanol–water partition coefficient (Wildman–Crippen LogP) is 1.53. The monoisotopic (exact) mass is 429 g/mol. The van der Waals surface area contributed by atoms with Crippen LogP contribution in [0.15, 0.2) is 30.3 Å². The lowest BCUT2D eigenvalue weighted by Gasteiger charge is -2.16. The highest BCUT2D eigenvalue weighted by molar-refractivity contribution is 6.22. The van der Waals surface area contributed by atoms with Gasteiger partial charge in [0.2, 0.25) is 5.91 Å². The summed E-state index contributed by atoms with van der Waals surface area (Å²) in [5, 5.41) is 13.5. The normalized spacial score (nSPS) is 12.4. The Hall–Kier alpha value is -4.15. The number of fused-ring (bicyclic) bond motifs is 1. The fraction of sp³-hybridized carbons (Fsp3) is 0.250. The number of non-ortho nitro benzene ring substituents is 1. The van der Waals surface area contributed by atoms with Gasteiger partial charge in [0.05, 0.1) is 37.4 Å². The van der Waals surface area contributed by atoms with Crippen molar-refractivity contribution in [1.82, 2.24) is 10.2 Å². The minimum absolute atomic E-state index is 0.0185. The van der Waals surface area contributed by atoms with Gasteiger partial charge in [0.15, 0.2) is 11.5 Å². The smallest absolute Gasteiger partial charge is 0.270 e. The molecular weight excluding hydrogens is 410 g/mol. The number of methoxy groups -OCH3 is 3. The number of benzene rings is 2. The van der Waals surface area contributed by atoms with E-state index in [4.69, 9.17) is 14.2 Å². The summed E-state index contributed by atoms with van der Waals surface area (Å²) in [5.41, 5.74) is 0.191. The van der Waals surface area contributed by atoms with Gasteiger partial charge in [0.1, 0.15) is 12.3 Å². The highest BCUT2D eigenvalue weighted by Gasteiger charge is 2.37. The van der Waals surface area contributed by atoms with E-state index in [1.165, 1.54) is 27.4 Å². The van der Waals surface area contributed by atoms with E-state index in [9.17, 15) is 24.5 Å². The molecule has 3 rings (SSSR count). The second-order valence-corrected chi connectivity index (χ2v) is 6.48. The van der Waals surface area contributed by atoms with Gasteiger partial charge < -0.3 is 19.5 Å². The predicted molar refractivity (Wildman–Crippen MR) is 106 cm³/mol. The maximum Gasteiger partial charge on any atom is 0.270 e. The molecule has 0 aliphatic carbocycles. The molecule has 2 aromatic rings. The lowest BCUT2D eigenvalue weighted by atomic mass is 10.1. The van der Waals surface area contributed by atoms with Gasteiger partial charge in [-0.1, -0.05) is 0 Å². The molecule has 1 N–H and O–H groups in total. The van der Waals surface area contributed by atoms with E-state index in [1.807, 2.05) is 0 Å². The van der Waals surface area contributed by atoms with Gasteiger partial charge in [-0.15, -0.1) is 0 Å². The molecule has 1 aliphatic rings. The average Bonchev–Trinajstić information content (AvgIpc) is 3.01. The molecule has 3 amide bonds. The zero-order chi connectivity index (χ0) is 22.7. The Labute approximate surface area is 176 Å². The topological polar surface area (TPSA) is 137 Å². The number of imide groups is 1. The van der Waals surface area contributed by atoms with Gasteiger partial charge >= 0.3 is 0 Å². The van der Waals surface area contributed by atoms with Crippen LogP contribution in [-0.2, 0) is 11.3 Å². The number of nitro benzene ring substituents is 1. The van der Waals surface area contributed by atoms with Crippen LogP contribution in [0.25, 0.3) is 0 Å². The molecule has 0 bridgehead atoms. The standard InChI is InChI=1S/C20H19N3O8/c1-29-15-8-17(31-3)16(30-2)6-11(15)9-21-18(24)10-22-19(25)13-5-4-12(23(27)28)7-14(13)20(22)26/h4-8H,9-10H2,1-3H3,(H,21,24). The summed E-state index contributed by atoms with van der Waals surface area (Å²) < 4.78 is 15.8. The van der Waals surface area contributed by atoms with Crippen molar-refractivity contribution < 1.29 is 33.5 Å². The number of carbonyl (C=O) groups excluding carboxylic acids is 3. The largest absolute Gasteiger partial charge is 0.496 e. The molecule has 0 atom stereocenters. The van der Waals surface area contributed by atoms with E-state index < -0.39 is 29.2 Å². The Kier molecular flexibility index (Phi) is 6.05. The van der Waals surface area contributed by atoms with Gasteiger partial charge in [-0.3, -0.25) is 29.4 Å². The molecule has 11 nitrogen and oxygen atoms in total. The molecule has 0 unspecified atom stereocenters. The van der Waals surface area contributed by atoms with Crippen LogP contribution in [-0.4, -0.2) is 55.4 Å². The van der Waals surface area contributed by atoms with Gasteiger partial charge in [-0.2, -0.15) is 0 Å². The van der Waals surface area contributed by atoms with Crippen molar-refractivity contribution in [3.8, 4) is 17.2 Å². The molecule has 1 heterocycles. The zero-order valence-corrected chi connectivity index (χ0v) is 17.0. The lowest BCUT2D eigenvalue weighted by molar-refractivity contribution is -0.384. The molecule has 162 valence electrons. The van der Waals surface area contributed by atoms with E-state index in [2.05, 4.69) is 5.32 Å². The van der Waals surface area contributed by atoms with E-state index in [0.717, 1.165) is 17.0 Å². The van der Waals surface area contributed by atoms with Crippen LogP contribution >= 0.6 is 0 Å². The first-order valence-electron chi connectivity index (χ1n) is 9.01. The van der Waals surface area contributed by atoms with Crippen molar-refractivity contribution in [3.63, 3.8) is 0 Å². The second-order valence-electron chi connectivity index (χ2n) is 6.48. The minimum atomic E-state index is -0.762. The molecule has 2 aromatic carbocycles. The van der Waals surface area contributed by atoms with Crippen LogP contribution in [0, 0.1) is 10.1 Å². The molecule has 0 aromatic heterocycles. The number of hydrogen-bond acceptors (Lipinski definition) is 8. The zero-order valence-electron chi connectivity index (χ0n) is 17.0. The summed E-state index contributed by atoms with van der Waals surface area (Å²) in [6, 6.07) is 6.62. The third-order valence-corrected chi connectivity index (χ3v) is 4.73. The van der Waals surface area contributed by atoms with Gasteiger partial charge in [0, 0.05) is 30.3 Å². The Bertz CT molecular complexity index is 1080. The molecule has 1 aliphatic heterocycles. The lowest BCUT2D eigenvalue weighted by Crippen LogP contribution is -2.40. The Morgan fingerprint density at radius 2 is 1.58 bits per heavy atom. The summed E-state index contributed by atoms with van der Waals surface area (Å²) in [6.07, 6.45) is 0.